The van der Waals surface area contributed by atoms with Crippen LogP contribution in [0.2, 0.25) is 0 Å². The zero-order valence-corrected chi connectivity index (χ0v) is 17.0. The van der Waals surface area contributed by atoms with Gasteiger partial charge in [-0.15, -0.1) is 0 Å². The molecule has 3 aromatic rings. The molecule has 3 rings (SSSR count). The first-order chi connectivity index (χ1) is 13.6. The van der Waals surface area contributed by atoms with E-state index in [1.54, 1.807) is 7.11 Å². The van der Waals surface area contributed by atoms with E-state index < -0.39 is 0 Å². The molecule has 4 heteroatoms. The summed E-state index contributed by atoms with van der Waals surface area (Å²) in [6.45, 7) is 5.55. The molecule has 28 heavy (non-hydrogen) atoms. The van der Waals surface area contributed by atoms with Gasteiger partial charge in [0.15, 0.2) is 0 Å². The highest BCUT2D eigenvalue weighted by Gasteiger charge is 2.22. The quantitative estimate of drug-likeness (QED) is 0.530. The number of methoxy groups -OCH3 is 1. The molecule has 2 aromatic carbocycles. The number of H-pyrrole nitrogens is 1. The van der Waals surface area contributed by atoms with Crippen LogP contribution in [0.1, 0.15) is 47.9 Å². The number of aryl methyl sites for hydroxylation is 2. The summed E-state index contributed by atoms with van der Waals surface area (Å²) in [6, 6.07) is 14.9. The molecule has 1 unspecified atom stereocenters. The summed E-state index contributed by atoms with van der Waals surface area (Å²) in [7, 11) is 1.68. The molecule has 148 valence electrons. The number of para-hydroxylation sites is 1. The van der Waals surface area contributed by atoms with Crippen LogP contribution in [0.3, 0.4) is 0 Å². The van der Waals surface area contributed by atoms with Gasteiger partial charge in [-0.25, -0.2) is 0 Å². The van der Waals surface area contributed by atoms with E-state index in [-0.39, 0.29) is 11.8 Å². The first-order valence-electron chi connectivity index (χ1n) is 10.0. The van der Waals surface area contributed by atoms with E-state index in [1.807, 2.05) is 0 Å². The van der Waals surface area contributed by atoms with Gasteiger partial charge in [-0.1, -0.05) is 55.0 Å². The van der Waals surface area contributed by atoms with Gasteiger partial charge in [0.2, 0.25) is 5.91 Å². The van der Waals surface area contributed by atoms with Crippen LogP contribution in [-0.4, -0.2) is 31.2 Å². The number of benzene rings is 2. The van der Waals surface area contributed by atoms with E-state index in [0.29, 0.717) is 19.6 Å². The monoisotopic (exact) mass is 378 g/mol. The van der Waals surface area contributed by atoms with Crippen molar-refractivity contribution in [2.24, 2.45) is 0 Å². The fraction of sp³-hybridized carbons (Fsp3) is 0.375. The molecule has 0 radical (unpaired) electrons. The van der Waals surface area contributed by atoms with Crippen molar-refractivity contribution in [3.05, 3.63) is 70.9 Å². The molecule has 0 bridgehead atoms. The maximum Gasteiger partial charge on any atom is 0.220 e. The maximum atomic E-state index is 12.6. The number of nitrogens with one attached hydrogen (secondary N) is 2. The molecule has 0 aliphatic heterocycles. The molecular formula is C24H30N2O2. The van der Waals surface area contributed by atoms with Gasteiger partial charge >= 0.3 is 0 Å². The second-order valence-electron chi connectivity index (χ2n) is 7.30. The summed E-state index contributed by atoms with van der Waals surface area (Å²) in [5.74, 6) is 0.0894. The zero-order valence-electron chi connectivity index (χ0n) is 17.0. The molecule has 1 atom stereocenters. The molecule has 4 nitrogen and oxygen atoms in total. The number of carbonyl (C=O) groups is 1. The summed E-state index contributed by atoms with van der Waals surface area (Å²) in [6.07, 6.45) is 4.31. The van der Waals surface area contributed by atoms with E-state index in [2.05, 4.69) is 72.8 Å². The fourth-order valence-corrected chi connectivity index (χ4v) is 3.73. The first-order valence-corrected chi connectivity index (χ1v) is 10.0. The van der Waals surface area contributed by atoms with Gasteiger partial charge in [0.05, 0.1) is 0 Å². The van der Waals surface area contributed by atoms with E-state index in [1.165, 1.54) is 33.2 Å². The Morgan fingerprint density at radius 3 is 2.68 bits per heavy atom. The maximum absolute atomic E-state index is 12.6. The summed E-state index contributed by atoms with van der Waals surface area (Å²) in [4.78, 5) is 16.1. The average Bonchev–Trinajstić information content (AvgIpc) is 3.14. The lowest BCUT2D eigenvalue weighted by Gasteiger charge is -2.18. The molecule has 1 heterocycles. The van der Waals surface area contributed by atoms with Gasteiger partial charge in [0.1, 0.15) is 0 Å². The topological polar surface area (TPSA) is 54.1 Å². The van der Waals surface area contributed by atoms with Crippen LogP contribution in [0.25, 0.3) is 10.9 Å². The number of rotatable bonds is 9. The Labute approximate surface area is 167 Å². The van der Waals surface area contributed by atoms with Gasteiger partial charge < -0.3 is 15.0 Å². The van der Waals surface area contributed by atoms with Crippen molar-refractivity contribution < 1.29 is 9.53 Å². The predicted octanol–water partition coefficient (Wildman–Crippen LogP) is 4.71. The molecule has 0 aliphatic carbocycles. The number of amides is 1. The highest BCUT2D eigenvalue weighted by atomic mass is 16.5. The number of hydrogen-bond donors (Lipinski definition) is 2. The Morgan fingerprint density at radius 1 is 1.18 bits per heavy atom. The molecule has 0 spiro atoms. The predicted molar refractivity (Wildman–Crippen MR) is 115 cm³/mol. The lowest BCUT2D eigenvalue weighted by Crippen LogP contribution is -2.27. The van der Waals surface area contributed by atoms with Crippen LogP contribution < -0.4 is 5.32 Å². The van der Waals surface area contributed by atoms with Crippen molar-refractivity contribution >= 4 is 16.8 Å². The Balaban J connectivity index is 1.91. The van der Waals surface area contributed by atoms with Crippen molar-refractivity contribution in [2.45, 2.75) is 39.0 Å². The van der Waals surface area contributed by atoms with Crippen LogP contribution in [0.15, 0.2) is 48.7 Å². The van der Waals surface area contributed by atoms with Crippen LogP contribution >= 0.6 is 0 Å². The third-order valence-corrected chi connectivity index (χ3v) is 5.31. The van der Waals surface area contributed by atoms with E-state index in [4.69, 9.17) is 4.74 Å². The Hall–Kier alpha value is -2.59. The number of hydrogen-bond acceptors (Lipinski definition) is 2. The minimum atomic E-state index is 0.0175. The van der Waals surface area contributed by atoms with Crippen molar-refractivity contribution in [1.29, 1.82) is 0 Å². The van der Waals surface area contributed by atoms with Crippen LogP contribution in [-0.2, 0) is 16.0 Å². The van der Waals surface area contributed by atoms with Crippen molar-refractivity contribution in [3.63, 3.8) is 0 Å². The molecule has 1 amide bonds. The highest BCUT2D eigenvalue weighted by Crippen LogP contribution is 2.34. The number of ether oxygens (including phenoxy) is 1. The Bertz CT molecular complexity index is 912. The van der Waals surface area contributed by atoms with Crippen LogP contribution in [0, 0.1) is 6.92 Å². The van der Waals surface area contributed by atoms with Gasteiger partial charge in [0, 0.05) is 49.7 Å². The van der Waals surface area contributed by atoms with Gasteiger partial charge in [-0.3, -0.25) is 4.79 Å². The lowest BCUT2D eigenvalue weighted by atomic mass is 9.87. The van der Waals surface area contributed by atoms with Gasteiger partial charge in [-0.2, -0.15) is 0 Å². The van der Waals surface area contributed by atoms with Crippen molar-refractivity contribution in [3.8, 4) is 0 Å². The highest BCUT2D eigenvalue weighted by molar-refractivity contribution is 5.88. The Morgan fingerprint density at radius 2 is 1.96 bits per heavy atom. The molecule has 1 aromatic heterocycles. The first kappa shape index (κ1) is 20.2. The van der Waals surface area contributed by atoms with Gasteiger partial charge in [-0.05, 0) is 36.5 Å². The van der Waals surface area contributed by atoms with Crippen LogP contribution in [0.4, 0.5) is 0 Å². The summed E-state index contributed by atoms with van der Waals surface area (Å²) >= 11 is 0. The molecular weight excluding hydrogens is 348 g/mol. The van der Waals surface area contributed by atoms with E-state index in [9.17, 15) is 4.79 Å². The Kier molecular flexibility index (Phi) is 6.88. The van der Waals surface area contributed by atoms with Crippen molar-refractivity contribution in [2.75, 3.05) is 20.3 Å². The van der Waals surface area contributed by atoms with E-state index in [0.717, 1.165) is 12.8 Å². The lowest BCUT2D eigenvalue weighted by molar-refractivity contribution is -0.121. The van der Waals surface area contributed by atoms with Gasteiger partial charge in [0.25, 0.3) is 0 Å². The van der Waals surface area contributed by atoms with Crippen LogP contribution in [0.5, 0.6) is 0 Å². The summed E-state index contributed by atoms with van der Waals surface area (Å²) in [5, 5.41) is 4.24. The largest absolute Gasteiger partial charge is 0.385 e. The molecule has 0 fully saturated rings. The number of aromatic nitrogens is 1. The van der Waals surface area contributed by atoms with E-state index >= 15 is 0 Å². The molecule has 0 aliphatic rings. The number of fused-ring (bicyclic) bond motifs is 1. The third-order valence-electron chi connectivity index (χ3n) is 5.31. The average molecular weight is 379 g/mol. The number of carbonyl (C=O) groups excluding carboxylic acids is 1. The summed E-state index contributed by atoms with van der Waals surface area (Å²) < 4.78 is 5.06. The molecule has 0 saturated heterocycles. The standard InChI is InChI=1S/C24H30N2O2/c1-4-18-7-5-8-20-22(16-26-24(18)20)21(19-11-9-17(2)10-12-19)15-23(27)25-13-6-14-28-3/h5,7-12,16,21,26H,4,6,13-15H2,1-3H3,(H,25,27). The fourth-order valence-electron chi connectivity index (χ4n) is 3.73. The second-order valence-corrected chi connectivity index (χ2v) is 7.30. The normalized spacial score (nSPS) is 12.2. The SMILES string of the molecule is CCc1cccc2c(C(CC(=O)NCCCOC)c3ccc(C)cc3)c[nH]c12. The summed E-state index contributed by atoms with van der Waals surface area (Å²) in [5.41, 5.74) is 6.05. The van der Waals surface area contributed by atoms with Crippen molar-refractivity contribution in [1.82, 2.24) is 10.3 Å². The number of aromatic amines is 1. The minimum absolute atomic E-state index is 0.0175. The molecule has 2 N–H and O–H groups in total. The molecule has 0 saturated carbocycles. The zero-order chi connectivity index (χ0) is 19.9. The smallest absolute Gasteiger partial charge is 0.220 e. The minimum Gasteiger partial charge on any atom is -0.385 e. The third kappa shape index (κ3) is 4.63. The second kappa shape index (κ2) is 9.56.